The van der Waals surface area contributed by atoms with Crippen molar-refractivity contribution in [3.63, 3.8) is 0 Å². The zero-order valence-electron chi connectivity index (χ0n) is 12.7. The number of hydrogen-bond donors (Lipinski definition) is 1. The second-order valence-corrected chi connectivity index (χ2v) is 5.48. The molecule has 1 unspecified atom stereocenters. The van der Waals surface area contributed by atoms with Gasteiger partial charge in [-0.1, -0.05) is 43.3 Å². The van der Waals surface area contributed by atoms with Gasteiger partial charge in [0.2, 0.25) is 5.89 Å². The average molecular weight is 273 g/mol. The number of rotatable bonds is 6. The van der Waals surface area contributed by atoms with Crippen LogP contribution in [0.2, 0.25) is 0 Å². The highest BCUT2D eigenvalue weighted by molar-refractivity contribution is 5.26. The Labute approximate surface area is 120 Å². The van der Waals surface area contributed by atoms with E-state index in [0.29, 0.717) is 17.9 Å². The van der Waals surface area contributed by atoms with Crippen molar-refractivity contribution in [2.24, 2.45) is 0 Å². The largest absolute Gasteiger partial charge is 0.340 e. The Morgan fingerprint density at radius 1 is 1.10 bits per heavy atom. The van der Waals surface area contributed by atoms with Gasteiger partial charge < -0.3 is 9.84 Å². The predicted octanol–water partition coefficient (Wildman–Crippen LogP) is 3.39. The van der Waals surface area contributed by atoms with Crippen LogP contribution in [0.15, 0.2) is 28.8 Å². The van der Waals surface area contributed by atoms with Crippen LogP contribution in [0.5, 0.6) is 0 Å². The fraction of sp³-hybridized carbons (Fsp3) is 0.500. The molecule has 1 aromatic heterocycles. The van der Waals surface area contributed by atoms with E-state index in [9.17, 15) is 0 Å². The van der Waals surface area contributed by atoms with E-state index < -0.39 is 0 Å². The normalized spacial score (nSPS) is 12.8. The zero-order valence-corrected chi connectivity index (χ0v) is 12.7. The molecule has 0 bridgehead atoms. The summed E-state index contributed by atoms with van der Waals surface area (Å²) in [6.45, 7) is 9.24. The molecule has 108 valence electrons. The fourth-order valence-electron chi connectivity index (χ4n) is 2.13. The van der Waals surface area contributed by atoms with Gasteiger partial charge in [-0.3, -0.25) is 0 Å². The minimum atomic E-state index is 0.323. The van der Waals surface area contributed by atoms with Gasteiger partial charge in [0.25, 0.3) is 0 Å². The third kappa shape index (κ3) is 3.90. The quantitative estimate of drug-likeness (QED) is 0.876. The Bertz CT molecular complexity index is 531. The van der Waals surface area contributed by atoms with E-state index in [-0.39, 0.29) is 0 Å². The van der Waals surface area contributed by atoms with Crippen LogP contribution in [0, 0.1) is 6.92 Å². The van der Waals surface area contributed by atoms with E-state index >= 15 is 0 Å². The van der Waals surface area contributed by atoms with Crippen molar-refractivity contribution in [3.05, 3.63) is 47.1 Å². The molecule has 1 aromatic carbocycles. The van der Waals surface area contributed by atoms with E-state index in [1.54, 1.807) is 0 Å². The first kappa shape index (κ1) is 14.7. The van der Waals surface area contributed by atoms with Gasteiger partial charge in [-0.15, -0.1) is 0 Å². The third-order valence-electron chi connectivity index (χ3n) is 3.47. The summed E-state index contributed by atoms with van der Waals surface area (Å²) in [7, 11) is 0. The lowest BCUT2D eigenvalue weighted by atomic mass is 9.99. The number of aryl methyl sites for hydroxylation is 1. The highest BCUT2D eigenvalue weighted by Crippen LogP contribution is 2.18. The summed E-state index contributed by atoms with van der Waals surface area (Å²) in [6.07, 6.45) is 0.783. The molecule has 20 heavy (non-hydrogen) atoms. The molecule has 0 saturated carbocycles. The van der Waals surface area contributed by atoms with Gasteiger partial charge in [0.05, 0.1) is 0 Å². The molecule has 0 fully saturated rings. The second kappa shape index (κ2) is 6.66. The molecule has 1 N–H and O–H groups in total. The number of hydrogen-bond acceptors (Lipinski definition) is 4. The van der Waals surface area contributed by atoms with E-state index in [1.165, 1.54) is 11.1 Å². The molecule has 0 aliphatic heterocycles. The van der Waals surface area contributed by atoms with Crippen molar-refractivity contribution in [2.45, 2.75) is 46.1 Å². The third-order valence-corrected chi connectivity index (χ3v) is 3.47. The van der Waals surface area contributed by atoms with Gasteiger partial charge in [0.15, 0.2) is 5.82 Å². The summed E-state index contributed by atoms with van der Waals surface area (Å²) in [5.74, 6) is 1.96. The standard InChI is InChI=1S/C16H23N3O/c1-11(2)14-5-7-15(8-6-14)12(3)17-10-9-16-18-13(4)20-19-16/h5-8,11-12,17H,9-10H2,1-4H3. The lowest BCUT2D eigenvalue weighted by molar-refractivity contribution is 0.386. The first-order valence-corrected chi connectivity index (χ1v) is 7.18. The summed E-state index contributed by atoms with van der Waals surface area (Å²) >= 11 is 0. The van der Waals surface area contributed by atoms with Gasteiger partial charge >= 0.3 is 0 Å². The van der Waals surface area contributed by atoms with Crippen molar-refractivity contribution in [1.29, 1.82) is 0 Å². The van der Waals surface area contributed by atoms with Gasteiger partial charge in [-0.2, -0.15) is 4.98 Å². The Kier molecular flexibility index (Phi) is 4.90. The number of nitrogens with zero attached hydrogens (tertiary/aromatic N) is 2. The molecule has 0 amide bonds. The topological polar surface area (TPSA) is 51.0 Å². The molecule has 0 saturated heterocycles. The highest BCUT2D eigenvalue weighted by atomic mass is 16.5. The van der Waals surface area contributed by atoms with Gasteiger partial charge in [-0.05, 0) is 24.0 Å². The van der Waals surface area contributed by atoms with Gasteiger partial charge in [-0.25, -0.2) is 0 Å². The van der Waals surface area contributed by atoms with E-state index in [0.717, 1.165) is 18.8 Å². The minimum Gasteiger partial charge on any atom is -0.340 e. The van der Waals surface area contributed by atoms with Crippen LogP contribution >= 0.6 is 0 Å². The Hall–Kier alpha value is -1.68. The van der Waals surface area contributed by atoms with E-state index in [4.69, 9.17) is 4.52 Å². The molecule has 2 rings (SSSR count). The van der Waals surface area contributed by atoms with Crippen LogP contribution in [-0.2, 0) is 6.42 Å². The molecule has 0 spiro atoms. The van der Waals surface area contributed by atoms with Crippen LogP contribution in [-0.4, -0.2) is 16.7 Å². The minimum absolute atomic E-state index is 0.323. The average Bonchev–Trinajstić information content (AvgIpc) is 2.84. The summed E-state index contributed by atoms with van der Waals surface area (Å²) in [5.41, 5.74) is 2.68. The van der Waals surface area contributed by atoms with Crippen LogP contribution < -0.4 is 5.32 Å². The summed E-state index contributed by atoms with van der Waals surface area (Å²) in [4.78, 5) is 4.19. The van der Waals surface area contributed by atoms with Crippen molar-refractivity contribution in [2.75, 3.05) is 6.54 Å². The molecular weight excluding hydrogens is 250 g/mol. The maximum absolute atomic E-state index is 4.95. The SMILES string of the molecule is Cc1nc(CCNC(C)c2ccc(C(C)C)cc2)no1. The summed E-state index contributed by atoms with van der Waals surface area (Å²) in [5, 5.41) is 7.37. The molecule has 1 atom stereocenters. The zero-order chi connectivity index (χ0) is 14.5. The lowest BCUT2D eigenvalue weighted by Gasteiger charge is -2.15. The lowest BCUT2D eigenvalue weighted by Crippen LogP contribution is -2.21. The van der Waals surface area contributed by atoms with Crippen LogP contribution in [0.3, 0.4) is 0 Å². The number of aromatic nitrogens is 2. The van der Waals surface area contributed by atoms with E-state index in [2.05, 4.69) is 60.5 Å². The maximum Gasteiger partial charge on any atom is 0.223 e. The maximum atomic E-state index is 4.95. The van der Waals surface area contributed by atoms with Crippen LogP contribution in [0.4, 0.5) is 0 Å². The molecule has 0 aliphatic rings. The molecule has 1 heterocycles. The fourth-order valence-corrected chi connectivity index (χ4v) is 2.13. The molecule has 4 nitrogen and oxygen atoms in total. The predicted molar refractivity (Wildman–Crippen MR) is 79.7 cm³/mol. The smallest absolute Gasteiger partial charge is 0.223 e. The first-order valence-electron chi connectivity index (χ1n) is 7.18. The first-order chi connectivity index (χ1) is 9.56. The Morgan fingerprint density at radius 2 is 1.75 bits per heavy atom. The summed E-state index contributed by atoms with van der Waals surface area (Å²) < 4.78 is 4.95. The number of benzene rings is 1. The molecular formula is C16H23N3O. The molecule has 0 radical (unpaired) electrons. The van der Waals surface area contributed by atoms with Crippen LogP contribution in [0.1, 0.15) is 55.6 Å². The van der Waals surface area contributed by atoms with Crippen LogP contribution in [0.25, 0.3) is 0 Å². The molecule has 0 aliphatic carbocycles. The highest BCUT2D eigenvalue weighted by Gasteiger charge is 2.07. The molecule has 2 aromatic rings. The van der Waals surface area contributed by atoms with Gasteiger partial charge in [0.1, 0.15) is 0 Å². The Balaban J connectivity index is 1.83. The van der Waals surface area contributed by atoms with E-state index in [1.807, 2.05) is 6.92 Å². The van der Waals surface area contributed by atoms with Gasteiger partial charge in [0, 0.05) is 25.9 Å². The van der Waals surface area contributed by atoms with Crippen molar-refractivity contribution in [1.82, 2.24) is 15.5 Å². The molecule has 4 heteroatoms. The number of nitrogens with one attached hydrogen (secondary N) is 1. The summed E-state index contributed by atoms with van der Waals surface area (Å²) in [6, 6.07) is 9.14. The van der Waals surface area contributed by atoms with Crippen molar-refractivity contribution < 1.29 is 4.52 Å². The van der Waals surface area contributed by atoms with Crippen molar-refractivity contribution >= 4 is 0 Å². The second-order valence-electron chi connectivity index (χ2n) is 5.48. The van der Waals surface area contributed by atoms with Crippen molar-refractivity contribution in [3.8, 4) is 0 Å². The Morgan fingerprint density at radius 3 is 2.30 bits per heavy atom. The monoisotopic (exact) mass is 273 g/mol.